The quantitative estimate of drug-likeness (QED) is 0.878. The summed E-state index contributed by atoms with van der Waals surface area (Å²) in [5.74, 6) is -1.41. The summed E-state index contributed by atoms with van der Waals surface area (Å²) in [7, 11) is 0. The minimum absolute atomic E-state index is 0.114. The van der Waals surface area contributed by atoms with Gasteiger partial charge in [0.15, 0.2) is 0 Å². The van der Waals surface area contributed by atoms with Gasteiger partial charge in [-0.1, -0.05) is 6.07 Å². The topological polar surface area (TPSA) is 63.3 Å². The van der Waals surface area contributed by atoms with Crippen molar-refractivity contribution in [3.8, 4) is 10.4 Å². The Hall–Kier alpha value is -1.40. The second-order valence-corrected chi connectivity index (χ2v) is 5.61. The number of carboxylic acids is 1. The third-order valence-electron chi connectivity index (χ3n) is 2.57. The van der Waals surface area contributed by atoms with Crippen LogP contribution in [0.5, 0.6) is 0 Å². The number of rotatable bonds is 2. The fourth-order valence-electron chi connectivity index (χ4n) is 1.60. The van der Waals surface area contributed by atoms with Crippen LogP contribution in [0, 0.1) is 12.7 Å². The summed E-state index contributed by atoms with van der Waals surface area (Å²) in [4.78, 5) is 11.9. The van der Waals surface area contributed by atoms with E-state index in [4.69, 9.17) is 10.8 Å². The molecule has 1 aromatic heterocycles. The maximum atomic E-state index is 13.2. The van der Waals surface area contributed by atoms with Crippen molar-refractivity contribution in [2.75, 3.05) is 5.73 Å². The maximum Gasteiger partial charge on any atom is 0.348 e. The smallest absolute Gasteiger partial charge is 0.348 e. The number of carbonyl (C=O) groups is 1. The van der Waals surface area contributed by atoms with Gasteiger partial charge >= 0.3 is 5.97 Å². The number of benzene rings is 1. The molecule has 0 aliphatic carbocycles. The van der Waals surface area contributed by atoms with Gasteiger partial charge in [-0.15, -0.1) is 11.3 Å². The Kier molecular flexibility index (Phi) is 3.41. The SMILES string of the molecule is Cc1c(-c2ccc(F)c(Br)c2)sc(C(=O)O)c1N. The zero-order valence-electron chi connectivity index (χ0n) is 9.33. The van der Waals surface area contributed by atoms with Crippen LogP contribution in [0.2, 0.25) is 0 Å². The van der Waals surface area contributed by atoms with Crippen molar-refractivity contribution >= 4 is 38.9 Å². The molecule has 1 heterocycles. The minimum Gasteiger partial charge on any atom is -0.477 e. The van der Waals surface area contributed by atoms with Crippen LogP contribution in [0.1, 0.15) is 15.2 Å². The van der Waals surface area contributed by atoms with Gasteiger partial charge in [0.05, 0.1) is 10.2 Å². The van der Waals surface area contributed by atoms with Crippen LogP contribution in [0.3, 0.4) is 0 Å². The van der Waals surface area contributed by atoms with Crippen LogP contribution in [0.4, 0.5) is 10.1 Å². The number of carboxylic acid groups (broad SMARTS) is 1. The molecule has 0 radical (unpaired) electrons. The molecule has 1 aromatic carbocycles. The molecule has 0 saturated heterocycles. The Morgan fingerprint density at radius 2 is 2.17 bits per heavy atom. The third kappa shape index (κ3) is 2.13. The molecule has 6 heteroatoms. The van der Waals surface area contributed by atoms with E-state index in [2.05, 4.69) is 15.9 Å². The molecule has 0 atom stereocenters. The number of hydrogen-bond acceptors (Lipinski definition) is 3. The van der Waals surface area contributed by atoms with Crippen molar-refractivity contribution in [3.63, 3.8) is 0 Å². The van der Waals surface area contributed by atoms with E-state index in [-0.39, 0.29) is 16.4 Å². The molecule has 0 fully saturated rings. The van der Waals surface area contributed by atoms with Gasteiger partial charge in [-0.2, -0.15) is 0 Å². The van der Waals surface area contributed by atoms with Gasteiger partial charge in [-0.3, -0.25) is 0 Å². The van der Waals surface area contributed by atoms with Crippen LogP contribution < -0.4 is 5.73 Å². The maximum absolute atomic E-state index is 13.2. The Bertz CT molecular complexity index is 639. The van der Waals surface area contributed by atoms with Gasteiger partial charge in [0.1, 0.15) is 10.7 Å². The molecule has 0 bridgehead atoms. The zero-order valence-corrected chi connectivity index (χ0v) is 11.7. The van der Waals surface area contributed by atoms with Crippen LogP contribution in [0.25, 0.3) is 10.4 Å². The summed E-state index contributed by atoms with van der Waals surface area (Å²) in [5.41, 5.74) is 7.47. The number of anilines is 1. The van der Waals surface area contributed by atoms with Crippen LogP contribution in [-0.2, 0) is 0 Å². The molecular weight excluding hydrogens is 321 g/mol. The molecule has 2 aromatic rings. The summed E-state index contributed by atoms with van der Waals surface area (Å²) in [6, 6.07) is 4.54. The molecule has 0 unspecified atom stereocenters. The highest BCUT2D eigenvalue weighted by atomic mass is 79.9. The summed E-state index contributed by atoms with van der Waals surface area (Å²) in [6.07, 6.45) is 0. The number of halogens is 2. The monoisotopic (exact) mass is 329 g/mol. The standard InChI is InChI=1S/C12H9BrFNO2S/c1-5-9(15)11(12(16)17)18-10(5)6-2-3-8(14)7(13)4-6/h2-4H,15H2,1H3,(H,16,17). The zero-order chi connectivity index (χ0) is 13.4. The average molecular weight is 330 g/mol. The van der Waals surface area contributed by atoms with Crippen LogP contribution >= 0.6 is 27.3 Å². The van der Waals surface area contributed by atoms with E-state index < -0.39 is 5.97 Å². The number of nitrogen functional groups attached to an aromatic ring is 1. The van der Waals surface area contributed by atoms with Gasteiger partial charge in [-0.25, -0.2) is 9.18 Å². The highest BCUT2D eigenvalue weighted by Gasteiger charge is 2.19. The molecule has 3 N–H and O–H groups in total. The molecular formula is C12H9BrFNO2S. The van der Waals surface area contributed by atoms with E-state index >= 15 is 0 Å². The number of hydrogen-bond donors (Lipinski definition) is 2. The van der Waals surface area contributed by atoms with Gasteiger partial charge in [0, 0.05) is 4.88 Å². The highest BCUT2D eigenvalue weighted by molar-refractivity contribution is 9.10. The van der Waals surface area contributed by atoms with E-state index in [9.17, 15) is 9.18 Å². The molecule has 0 aliphatic rings. The summed E-state index contributed by atoms with van der Waals surface area (Å²) < 4.78 is 13.5. The number of aromatic carboxylic acids is 1. The van der Waals surface area contributed by atoms with Crippen molar-refractivity contribution in [1.29, 1.82) is 0 Å². The molecule has 0 spiro atoms. The van der Waals surface area contributed by atoms with Crippen molar-refractivity contribution in [2.45, 2.75) is 6.92 Å². The van der Waals surface area contributed by atoms with Gasteiger partial charge in [0.2, 0.25) is 0 Å². The van der Waals surface area contributed by atoms with E-state index in [0.29, 0.717) is 10.0 Å². The fraction of sp³-hybridized carbons (Fsp3) is 0.0833. The predicted molar refractivity (Wildman–Crippen MR) is 73.5 cm³/mol. The van der Waals surface area contributed by atoms with E-state index in [1.54, 1.807) is 19.1 Å². The van der Waals surface area contributed by atoms with Gasteiger partial charge in [0.25, 0.3) is 0 Å². The Labute approximate surface area is 115 Å². The first-order valence-electron chi connectivity index (χ1n) is 4.99. The highest BCUT2D eigenvalue weighted by Crippen LogP contribution is 2.39. The van der Waals surface area contributed by atoms with Gasteiger partial charge < -0.3 is 10.8 Å². The summed E-state index contributed by atoms with van der Waals surface area (Å²) >= 11 is 4.20. The first-order chi connectivity index (χ1) is 8.41. The van der Waals surface area contributed by atoms with E-state index in [1.807, 2.05) is 0 Å². The predicted octanol–water partition coefficient (Wildman–Crippen LogP) is 3.91. The lowest BCUT2D eigenvalue weighted by Gasteiger charge is -2.02. The van der Waals surface area contributed by atoms with Gasteiger partial charge in [-0.05, 0) is 46.1 Å². The van der Waals surface area contributed by atoms with Crippen molar-refractivity contribution in [1.82, 2.24) is 0 Å². The molecule has 0 aliphatic heterocycles. The van der Waals surface area contributed by atoms with E-state index in [1.165, 1.54) is 6.07 Å². The number of nitrogens with two attached hydrogens (primary N) is 1. The Balaban J connectivity index is 2.61. The molecule has 2 rings (SSSR count). The second-order valence-electron chi connectivity index (χ2n) is 3.73. The first-order valence-corrected chi connectivity index (χ1v) is 6.60. The molecule has 18 heavy (non-hydrogen) atoms. The lowest BCUT2D eigenvalue weighted by atomic mass is 10.1. The summed E-state index contributed by atoms with van der Waals surface area (Å²) in [5, 5.41) is 9.01. The van der Waals surface area contributed by atoms with Crippen LogP contribution in [-0.4, -0.2) is 11.1 Å². The summed E-state index contributed by atoms with van der Waals surface area (Å²) in [6.45, 7) is 1.75. The largest absolute Gasteiger partial charge is 0.477 e. The lowest BCUT2D eigenvalue weighted by Crippen LogP contribution is -1.97. The van der Waals surface area contributed by atoms with Crippen LogP contribution in [0.15, 0.2) is 22.7 Å². The minimum atomic E-state index is -1.05. The third-order valence-corrected chi connectivity index (χ3v) is 4.52. The molecule has 3 nitrogen and oxygen atoms in total. The molecule has 94 valence electrons. The molecule has 0 saturated carbocycles. The normalized spacial score (nSPS) is 10.6. The van der Waals surface area contributed by atoms with Crippen molar-refractivity contribution in [2.24, 2.45) is 0 Å². The lowest BCUT2D eigenvalue weighted by molar-refractivity contribution is 0.0703. The average Bonchev–Trinajstić information content (AvgIpc) is 2.60. The molecule has 0 amide bonds. The second kappa shape index (κ2) is 4.70. The fourth-order valence-corrected chi connectivity index (χ4v) is 3.04. The number of thiophene rings is 1. The van der Waals surface area contributed by atoms with E-state index in [0.717, 1.165) is 21.8 Å². The van der Waals surface area contributed by atoms with Crippen molar-refractivity contribution in [3.05, 3.63) is 38.9 Å². The Morgan fingerprint density at radius 3 is 2.67 bits per heavy atom. The first kappa shape index (κ1) is 13.0. The Morgan fingerprint density at radius 1 is 1.50 bits per heavy atom. The van der Waals surface area contributed by atoms with Crippen molar-refractivity contribution < 1.29 is 14.3 Å².